The van der Waals surface area contributed by atoms with Crippen LogP contribution in [0.2, 0.25) is 5.02 Å². The molecule has 0 aliphatic carbocycles. The van der Waals surface area contributed by atoms with Gasteiger partial charge in [-0.1, -0.05) is 41.9 Å². The highest BCUT2D eigenvalue weighted by atomic mass is 35.5. The molecule has 0 saturated heterocycles. The van der Waals surface area contributed by atoms with E-state index in [4.69, 9.17) is 16.3 Å². The molecule has 2 nitrogen and oxygen atoms in total. The lowest BCUT2D eigenvalue weighted by Crippen LogP contribution is -2.22. The Morgan fingerprint density at radius 3 is 2.20 bits per heavy atom. The SMILES string of the molecule is COc1ccc(C(C)N[C@@H](C)c2ccccc2Cl)cc1. The summed E-state index contributed by atoms with van der Waals surface area (Å²) in [5.41, 5.74) is 2.35. The van der Waals surface area contributed by atoms with Gasteiger partial charge in [0.2, 0.25) is 0 Å². The van der Waals surface area contributed by atoms with Crippen molar-refractivity contribution in [2.75, 3.05) is 7.11 Å². The molecule has 0 bridgehead atoms. The second kappa shape index (κ2) is 6.78. The van der Waals surface area contributed by atoms with E-state index in [1.807, 2.05) is 30.3 Å². The van der Waals surface area contributed by atoms with E-state index in [9.17, 15) is 0 Å². The Kier molecular flexibility index (Phi) is 5.05. The van der Waals surface area contributed by atoms with Gasteiger partial charge in [-0.25, -0.2) is 0 Å². The molecular weight excluding hydrogens is 270 g/mol. The van der Waals surface area contributed by atoms with E-state index in [-0.39, 0.29) is 12.1 Å². The quantitative estimate of drug-likeness (QED) is 0.857. The maximum atomic E-state index is 6.23. The van der Waals surface area contributed by atoms with E-state index in [2.05, 4.69) is 37.4 Å². The van der Waals surface area contributed by atoms with E-state index in [0.717, 1.165) is 16.3 Å². The fourth-order valence-electron chi connectivity index (χ4n) is 2.28. The Labute approximate surface area is 125 Å². The van der Waals surface area contributed by atoms with Crippen LogP contribution in [0.15, 0.2) is 48.5 Å². The summed E-state index contributed by atoms with van der Waals surface area (Å²) in [4.78, 5) is 0. The molecule has 0 spiro atoms. The van der Waals surface area contributed by atoms with E-state index < -0.39 is 0 Å². The van der Waals surface area contributed by atoms with Gasteiger partial charge in [-0.05, 0) is 43.2 Å². The van der Waals surface area contributed by atoms with Crippen LogP contribution in [0.25, 0.3) is 0 Å². The molecule has 0 aromatic heterocycles. The Bertz CT molecular complexity index is 553. The van der Waals surface area contributed by atoms with Crippen LogP contribution in [0.1, 0.15) is 37.1 Å². The highest BCUT2D eigenvalue weighted by molar-refractivity contribution is 6.31. The van der Waals surface area contributed by atoms with Crippen LogP contribution in [0.3, 0.4) is 0 Å². The van der Waals surface area contributed by atoms with Crippen LogP contribution in [0, 0.1) is 0 Å². The van der Waals surface area contributed by atoms with Crippen LogP contribution in [-0.2, 0) is 0 Å². The average molecular weight is 290 g/mol. The van der Waals surface area contributed by atoms with Crippen molar-refractivity contribution in [1.29, 1.82) is 0 Å². The lowest BCUT2D eigenvalue weighted by molar-refractivity contribution is 0.414. The number of halogens is 1. The topological polar surface area (TPSA) is 21.3 Å². The number of nitrogens with one attached hydrogen (secondary N) is 1. The molecule has 0 fully saturated rings. The zero-order chi connectivity index (χ0) is 14.5. The maximum Gasteiger partial charge on any atom is 0.118 e. The molecule has 20 heavy (non-hydrogen) atoms. The Morgan fingerprint density at radius 2 is 1.60 bits per heavy atom. The summed E-state index contributed by atoms with van der Waals surface area (Å²) in [6, 6.07) is 16.5. The van der Waals surface area contributed by atoms with Crippen molar-refractivity contribution in [3.8, 4) is 5.75 Å². The molecule has 1 unspecified atom stereocenters. The first-order valence-electron chi connectivity index (χ1n) is 6.76. The summed E-state index contributed by atoms with van der Waals surface area (Å²) in [5, 5.41) is 4.37. The van der Waals surface area contributed by atoms with Gasteiger partial charge in [0.25, 0.3) is 0 Å². The molecule has 0 amide bonds. The van der Waals surface area contributed by atoms with Crippen molar-refractivity contribution in [1.82, 2.24) is 5.32 Å². The van der Waals surface area contributed by atoms with Gasteiger partial charge in [-0.2, -0.15) is 0 Å². The zero-order valence-electron chi connectivity index (χ0n) is 12.1. The molecular formula is C17H20ClNO. The molecule has 0 aliphatic heterocycles. The molecule has 2 atom stereocenters. The lowest BCUT2D eigenvalue weighted by Gasteiger charge is -2.21. The Morgan fingerprint density at radius 1 is 0.950 bits per heavy atom. The van der Waals surface area contributed by atoms with Gasteiger partial charge < -0.3 is 10.1 Å². The third-order valence-electron chi connectivity index (χ3n) is 3.49. The number of rotatable bonds is 5. The number of hydrogen-bond donors (Lipinski definition) is 1. The van der Waals surface area contributed by atoms with Crippen LogP contribution >= 0.6 is 11.6 Å². The monoisotopic (exact) mass is 289 g/mol. The van der Waals surface area contributed by atoms with E-state index in [0.29, 0.717) is 0 Å². The third kappa shape index (κ3) is 3.53. The van der Waals surface area contributed by atoms with Crippen LogP contribution in [0.5, 0.6) is 5.75 Å². The summed E-state index contributed by atoms with van der Waals surface area (Å²) in [7, 11) is 1.68. The van der Waals surface area contributed by atoms with Crippen LogP contribution in [-0.4, -0.2) is 7.11 Å². The molecule has 0 saturated carbocycles. The molecule has 1 N–H and O–H groups in total. The zero-order valence-corrected chi connectivity index (χ0v) is 12.8. The van der Waals surface area contributed by atoms with Gasteiger partial charge in [0.1, 0.15) is 5.75 Å². The summed E-state index contributed by atoms with van der Waals surface area (Å²) in [6.07, 6.45) is 0. The standard InChI is InChI=1S/C17H20ClNO/c1-12(14-8-10-15(20-3)11-9-14)19-13(2)16-6-4-5-7-17(16)18/h4-13,19H,1-3H3/t12?,13-/m0/s1. The van der Waals surface area contributed by atoms with Crippen molar-refractivity contribution in [3.05, 3.63) is 64.7 Å². The number of hydrogen-bond acceptors (Lipinski definition) is 2. The van der Waals surface area contributed by atoms with E-state index in [1.165, 1.54) is 5.56 Å². The number of ether oxygens (including phenoxy) is 1. The van der Waals surface area contributed by atoms with Crippen molar-refractivity contribution in [3.63, 3.8) is 0 Å². The van der Waals surface area contributed by atoms with Gasteiger partial charge in [0, 0.05) is 17.1 Å². The second-order valence-electron chi connectivity index (χ2n) is 4.90. The second-order valence-corrected chi connectivity index (χ2v) is 5.31. The first-order valence-corrected chi connectivity index (χ1v) is 7.14. The normalized spacial score (nSPS) is 13.8. The van der Waals surface area contributed by atoms with Crippen molar-refractivity contribution in [2.45, 2.75) is 25.9 Å². The highest BCUT2D eigenvalue weighted by Crippen LogP contribution is 2.25. The molecule has 2 aromatic rings. The smallest absolute Gasteiger partial charge is 0.118 e. The third-order valence-corrected chi connectivity index (χ3v) is 3.83. The van der Waals surface area contributed by atoms with Gasteiger partial charge >= 0.3 is 0 Å². The summed E-state index contributed by atoms with van der Waals surface area (Å²) in [6.45, 7) is 4.27. The molecule has 2 aromatic carbocycles. The fraction of sp³-hybridized carbons (Fsp3) is 0.294. The largest absolute Gasteiger partial charge is 0.497 e. The molecule has 106 valence electrons. The number of methoxy groups -OCH3 is 1. The van der Waals surface area contributed by atoms with E-state index >= 15 is 0 Å². The summed E-state index contributed by atoms with van der Waals surface area (Å²) in [5.74, 6) is 0.875. The van der Waals surface area contributed by atoms with Crippen molar-refractivity contribution < 1.29 is 4.74 Å². The minimum absolute atomic E-state index is 0.195. The lowest BCUT2D eigenvalue weighted by atomic mass is 10.0. The van der Waals surface area contributed by atoms with Gasteiger partial charge in [-0.3, -0.25) is 0 Å². The van der Waals surface area contributed by atoms with E-state index in [1.54, 1.807) is 7.11 Å². The maximum absolute atomic E-state index is 6.23. The first kappa shape index (κ1) is 14.9. The van der Waals surface area contributed by atoms with Gasteiger partial charge in [0.15, 0.2) is 0 Å². The Balaban J connectivity index is 2.06. The predicted octanol–water partition coefficient (Wildman–Crippen LogP) is 4.76. The molecule has 0 radical (unpaired) electrons. The summed E-state index contributed by atoms with van der Waals surface area (Å²) >= 11 is 6.23. The molecule has 3 heteroatoms. The fourth-order valence-corrected chi connectivity index (χ4v) is 2.58. The van der Waals surface area contributed by atoms with Gasteiger partial charge in [0.05, 0.1) is 7.11 Å². The highest BCUT2D eigenvalue weighted by Gasteiger charge is 2.13. The molecule has 0 aliphatic rings. The predicted molar refractivity (Wildman–Crippen MR) is 84.4 cm³/mol. The molecule has 2 rings (SSSR count). The molecule has 0 heterocycles. The van der Waals surface area contributed by atoms with Crippen LogP contribution in [0.4, 0.5) is 0 Å². The first-order chi connectivity index (χ1) is 9.61. The van der Waals surface area contributed by atoms with Gasteiger partial charge in [-0.15, -0.1) is 0 Å². The van der Waals surface area contributed by atoms with Crippen molar-refractivity contribution in [2.24, 2.45) is 0 Å². The van der Waals surface area contributed by atoms with Crippen LogP contribution < -0.4 is 10.1 Å². The summed E-state index contributed by atoms with van der Waals surface area (Å²) < 4.78 is 5.18. The minimum Gasteiger partial charge on any atom is -0.497 e. The number of benzene rings is 2. The Hall–Kier alpha value is -1.51. The minimum atomic E-state index is 0.195. The van der Waals surface area contributed by atoms with Crippen molar-refractivity contribution >= 4 is 11.6 Å². The average Bonchev–Trinajstić information content (AvgIpc) is 2.47.